The summed E-state index contributed by atoms with van der Waals surface area (Å²) in [6.45, 7) is 10.1. The zero-order valence-corrected chi connectivity index (χ0v) is 13.5. The number of rotatable bonds is 6. The van der Waals surface area contributed by atoms with Gasteiger partial charge in [-0.3, -0.25) is 14.5 Å². The molecule has 1 fully saturated rings. The average Bonchev–Trinajstić information content (AvgIpc) is 2.41. The van der Waals surface area contributed by atoms with Crippen molar-refractivity contribution in [2.75, 3.05) is 39.3 Å². The molecule has 0 radical (unpaired) electrons. The molecule has 1 amide bonds. The molecule has 1 unspecified atom stereocenters. The van der Waals surface area contributed by atoms with Crippen LogP contribution in [0.25, 0.3) is 0 Å². The maximum Gasteiger partial charge on any atom is 0.304 e. The van der Waals surface area contributed by atoms with E-state index in [0.29, 0.717) is 26.2 Å². The van der Waals surface area contributed by atoms with Gasteiger partial charge in [0.2, 0.25) is 5.91 Å². The molecule has 0 aromatic heterocycles. The Morgan fingerprint density at radius 3 is 2.19 bits per heavy atom. The second kappa shape index (κ2) is 7.75. The topological polar surface area (TPSA) is 86.9 Å². The number of carbonyl (C=O) groups is 2. The number of amides is 1. The van der Waals surface area contributed by atoms with Gasteiger partial charge in [-0.25, -0.2) is 0 Å². The minimum absolute atomic E-state index is 0.0863. The van der Waals surface area contributed by atoms with E-state index in [1.807, 2.05) is 4.90 Å². The number of hydrogen-bond donors (Lipinski definition) is 2. The Kier molecular flexibility index (Phi) is 6.61. The minimum atomic E-state index is -0.776. The molecule has 0 spiro atoms. The minimum Gasteiger partial charge on any atom is -0.481 e. The van der Waals surface area contributed by atoms with Crippen LogP contribution >= 0.6 is 0 Å². The molecule has 6 nitrogen and oxygen atoms in total. The first kappa shape index (κ1) is 17.9. The Morgan fingerprint density at radius 1 is 1.19 bits per heavy atom. The van der Waals surface area contributed by atoms with Crippen molar-refractivity contribution in [2.24, 2.45) is 17.1 Å². The van der Waals surface area contributed by atoms with Crippen molar-refractivity contribution < 1.29 is 14.7 Å². The van der Waals surface area contributed by atoms with Crippen LogP contribution in [0.2, 0.25) is 0 Å². The normalized spacial score (nSPS) is 18.6. The Balaban J connectivity index is 2.45. The molecular formula is C15H29N3O3. The number of carboxylic acid groups (broad SMARTS) is 1. The lowest BCUT2D eigenvalue weighted by Gasteiger charge is -2.37. The van der Waals surface area contributed by atoms with Crippen LogP contribution in [-0.4, -0.2) is 66.1 Å². The van der Waals surface area contributed by atoms with Crippen LogP contribution in [-0.2, 0) is 9.59 Å². The predicted octanol–water partition coefficient (Wildman–Crippen LogP) is 0.616. The Labute approximate surface area is 127 Å². The van der Waals surface area contributed by atoms with Crippen LogP contribution in [0.1, 0.15) is 33.6 Å². The maximum absolute atomic E-state index is 12.5. The SMILES string of the molecule is CC(C)(C)CC(CN)C(=O)N1CCN(CCC(=O)O)CC1. The second-order valence-electron chi connectivity index (χ2n) is 7.01. The summed E-state index contributed by atoms with van der Waals surface area (Å²) in [6.07, 6.45) is 0.949. The lowest BCUT2D eigenvalue weighted by atomic mass is 9.84. The summed E-state index contributed by atoms with van der Waals surface area (Å²) in [5.41, 5.74) is 5.86. The second-order valence-corrected chi connectivity index (χ2v) is 7.01. The zero-order valence-electron chi connectivity index (χ0n) is 13.5. The first-order valence-corrected chi connectivity index (χ1v) is 7.66. The number of hydrogen-bond acceptors (Lipinski definition) is 4. The van der Waals surface area contributed by atoms with Crippen molar-refractivity contribution in [3.8, 4) is 0 Å². The first-order valence-electron chi connectivity index (χ1n) is 7.66. The van der Waals surface area contributed by atoms with E-state index in [1.165, 1.54) is 0 Å². The number of aliphatic carboxylic acids is 1. The van der Waals surface area contributed by atoms with Crippen molar-refractivity contribution >= 4 is 11.9 Å². The van der Waals surface area contributed by atoms with Crippen LogP contribution in [0.5, 0.6) is 0 Å². The van der Waals surface area contributed by atoms with Crippen LogP contribution in [0.3, 0.4) is 0 Å². The smallest absolute Gasteiger partial charge is 0.304 e. The third-order valence-corrected chi connectivity index (χ3v) is 3.82. The Hall–Kier alpha value is -1.14. The Morgan fingerprint density at radius 2 is 1.76 bits per heavy atom. The lowest BCUT2D eigenvalue weighted by Crippen LogP contribution is -2.51. The highest BCUT2D eigenvalue weighted by Gasteiger charge is 2.29. The number of piperazine rings is 1. The van der Waals surface area contributed by atoms with Crippen LogP contribution in [0, 0.1) is 11.3 Å². The summed E-state index contributed by atoms with van der Waals surface area (Å²) in [7, 11) is 0. The summed E-state index contributed by atoms with van der Waals surface area (Å²) < 4.78 is 0. The van der Waals surface area contributed by atoms with Crippen molar-refractivity contribution in [3.63, 3.8) is 0 Å². The van der Waals surface area contributed by atoms with Gasteiger partial charge >= 0.3 is 5.97 Å². The molecule has 1 heterocycles. The molecule has 6 heteroatoms. The molecule has 0 aromatic rings. The summed E-state index contributed by atoms with van der Waals surface area (Å²) >= 11 is 0. The fourth-order valence-corrected chi connectivity index (χ4v) is 2.71. The van der Waals surface area contributed by atoms with E-state index in [4.69, 9.17) is 10.8 Å². The number of carbonyl (C=O) groups excluding carboxylic acids is 1. The van der Waals surface area contributed by atoms with Crippen molar-refractivity contribution in [2.45, 2.75) is 33.6 Å². The molecule has 0 saturated carbocycles. The summed E-state index contributed by atoms with van der Waals surface area (Å²) in [4.78, 5) is 27.1. The predicted molar refractivity (Wildman–Crippen MR) is 81.9 cm³/mol. The molecule has 3 N–H and O–H groups in total. The molecular weight excluding hydrogens is 270 g/mol. The number of nitrogens with zero attached hydrogens (tertiary/aromatic N) is 2. The van der Waals surface area contributed by atoms with Gasteiger partial charge in [0.1, 0.15) is 0 Å². The first-order chi connectivity index (χ1) is 9.73. The van der Waals surface area contributed by atoms with Gasteiger partial charge in [0.05, 0.1) is 12.3 Å². The van der Waals surface area contributed by atoms with Gasteiger partial charge in [-0.05, 0) is 11.8 Å². The third-order valence-electron chi connectivity index (χ3n) is 3.82. The van der Waals surface area contributed by atoms with E-state index >= 15 is 0 Å². The Bertz CT molecular complexity index is 358. The summed E-state index contributed by atoms with van der Waals surface area (Å²) in [6, 6.07) is 0. The van der Waals surface area contributed by atoms with Crippen molar-refractivity contribution in [1.29, 1.82) is 0 Å². The van der Waals surface area contributed by atoms with E-state index in [2.05, 4.69) is 25.7 Å². The molecule has 0 aromatic carbocycles. The maximum atomic E-state index is 12.5. The van der Waals surface area contributed by atoms with Crippen LogP contribution < -0.4 is 5.73 Å². The highest BCUT2D eigenvalue weighted by Crippen LogP contribution is 2.25. The average molecular weight is 299 g/mol. The quantitative estimate of drug-likeness (QED) is 0.750. The van der Waals surface area contributed by atoms with E-state index in [0.717, 1.165) is 19.5 Å². The molecule has 1 rings (SSSR count). The van der Waals surface area contributed by atoms with Crippen LogP contribution in [0.15, 0.2) is 0 Å². The molecule has 122 valence electrons. The largest absolute Gasteiger partial charge is 0.481 e. The summed E-state index contributed by atoms with van der Waals surface area (Å²) in [5, 5.41) is 8.69. The van der Waals surface area contributed by atoms with Gasteiger partial charge in [-0.15, -0.1) is 0 Å². The van der Waals surface area contributed by atoms with Gasteiger partial charge in [-0.1, -0.05) is 20.8 Å². The highest BCUT2D eigenvalue weighted by molar-refractivity contribution is 5.79. The fourth-order valence-electron chi connectivity index (χ4n) is 2.71. The van der Waals surface area contributed by atoms with Gasteiger partial charge in [-0.2, -0.15) is 0 Å². The summed E-state index contributed by atoms with van der Waals surface area (Å²) in [5.74, 6) is -0.747. The standard InChI is InChI=1S/C15H29N3O3/c1-15(2,3)10-12(11-16)14(21)18-8-6-17(7-9-18)5-4-13(19)20/h12H,4-11,16H2,1-3H3,(H,19,20). The highest BCUT2D eigenvalue weighted by atomic mass is 16.4. The van der Waals surface area contributed by atoms with Gasteiger partial charge in [0.15, 0.2) is 0 Å². The zero-order chi connectivity index (χ0) is 16.0. The van der Waals surface area contributed by atoms with E-state index in [9.17, 15) is 9.59 Å². The van der Waals surface area contributed by atoms with E-state index in [-0.39, 0.29) is 23.7 Å². The molecule has 1 aliphatic heterocycles. The van der Waals surface area contributed by atoms with Gasteiger partial charge in [0, 0.05) is 39.3 Å². The van der Waals surface area contributed by atoms with Gasteiger partial charge < -0.3 is 15.7 Å². The number of carboxylic acids is 1. The molecule has 0 bridgehead atoms. The molecule has 0 aliphatic carbocycles. The number of nitrogens with two attached hydrogens (primary N) is 1. The van der Waals surface area contributed by atoms with Crippen LogP contribution in [0.4, 0.5) is 0 Å². The van der Waals surface area contributed by atoms with Gasteiger partial charge in [0.25, 0.3) is 0 Å². The fraction of sp³-hybridized carbons (Fsp3) is 0.867. The monoisotopic (exact) mass is 299 g/mol. The molecule has 1 atom stereocenters. The van der Waals surface area contributed by atoms with Crippen molar-refractivity contribution in [3.05, 3.63) is 0 Å². The molecule has 21 heavy (non-hydrogen) atoms. The molecule has 1 aliphatic rings. The van der Waals surface area contributed by atoms with Crippen molar-refractivity contribution in [1.82, 2.24) is 9.80 Å². The third kappa shape index (κ3) is 6.44. The van der Waals surface area contributed by atoms with E-state index in [1.54, 1.807) is 0 Å². The molecule has 1 saturated heterocycles. The lowest BCUT2D eigenvalue weighted by molar-refractivity contribution is -0.140. The van der Waals surface area contributed by atoms with E-state index < -0.39 is 5.97 Å².